The number of anilines is 2. The summed E-state index contributed by atoms with van der Waals surface area (Å²) in [6.45, 7) is 2.52. The van der Waals surface area contributed by atoms with Gasteiger partial charge in [0.2, 0.25) is 5.91 Å². The molecule has 0 saturated carbocycles. The summed E-state index contributed by atoms with van der Waals surface area (Å²) in [5.74, 6) is 0.644. The molecular weight excluding hydrogens is 288 g/mol. The van der Waals surface area contributed by atoms with E-state index in [1.165, 1.54) is 11.3 Å². The maximum atomic E-state index is 12.5. The predicted octanol–water partition coefficient (Wildman–Crippen LogP) is 3.48. The minimum Gasteiger partial charge on any atom is -0.495 e. The van der Waals surface area contributed by atoms with Crippen molar-refractivity contribution in [1.29, 1.82) is 0 Å². The van der Waals surface area contributed by atoms with Crippen molar-refractivity contribution in [3.63, 3.8) is 0 Å². The van der Waals surface area contributed by atoms with E-state index in [9.17, 15) is 4.79 Å². The molecule has 4 nitrogen and oxygen atoms in total. The largest absolute Gasteiger partial charge is 0.495 e. The molecule has 1 atom stereocenters. The molecule has 4 heteroatoms. The minimum atomic E-state index is -0.0296. The number of hydrogen-bond donors (Lipinski definition) is 1. The van der Waals surface area contributed by atoms with Gasteiger partial charge in [0.05, 0.1) is 19.3 Å². The second-order valence-corrected chi connectivity index (χ2v) is 5.89. The summed E-state index contributed by atoms with van der Waals surface area (Å²) in [5.41, 5.74) is 3.19. The van der Waals surface area contributed by atoms with Crippen LogP contribution in [0.15, 0.2) is 48.5 Å². The van der Waals surface area contributed by atoms with Crippen LogP contribution >= 0.6 is 0 Å². The first-order chi connectivity index (χ1) is 11.2. The van der Waals surface area contributed by atoms with Crippen molar-refractivity contribution in [3.05, 3.63) is 54.1 Å². The molecule has 0 saturated heterocycles. The molecular formula is C19H22N2O2. The van der Waals surface area contributed by atoms with Gasteiger partial charge in [0.15, 0.2) is 0 Å². The molecule has 1 heterocycles. The van der Waals surface area contributed by atoms with Gasteiger partial charge in [-0.15, -0.1) is 0 Å². The molecule has 1 aliphatic rings. The molecule has 0 aromatic heterocycles. The summed E-state index contributed by atoms with van der Waals surface area (Å²) in [6.07, 6.45) is 2.14. The van der Waals surface area contributed by atoms with Crippen LogP contribution in [0.4, 0.5) is 11.4 Å². The third-order valence-corrected chi connectivity index (χ3v) is 4.36. The summed E-state index contributed by atoms with van der Waals surface area (Å²) in [6, 6.07) is 16.2. The zero-order chi connectivity index (χ0) is 16.2. The number of carbonyl (C=O) groups excluding carboxylic acids is 1. The van der Waals surface area contributed by atoms with E-state index in [4.69, 9.17) is 4.74 Å². The van der Waals surface area contributed by atoms with Gasteiger partial charge in [-0.25, -0.2) is 0 Å². The molecule has 3 rings (SSSR count). The molecule has 120 valence electrons. The monoisotopic (exact) mass is 310 g/mol. The van der Waals surface area contributed by atoms with E-state index >= 15 is 0 Å². The highest BCUT2D eigenvalue weighted by atomic mass is 16.5. The summed E-state index contributed by atoms with van der Waals surface area (Å²) in [5, 5.41) is 2.95. The van der Waals surface area contributed by atoms with Crippen molar-refractivity contribution in [2.24, 2.45) is 0 Å². The Balaban J connectivity index is 1.75. The number of carbonyl (C=O) groups is 1. The zero-order valence-electron chi connectivity index (χ0n) is 13.6. The van der Waals surface area contributed by atoms with E-state index in [0.29, 0.717) is 24.0 Å². The third kappa shape index (κ3) is 3.31. The fraction of sp³-hybridized carbons (Fsp3) is 0.316. The second-order valence-electron chi connectivity index (χ2n) is 5.89. The Morgan fingerprint density at radius 2 is 1.96 bits per heavy atom. The molecule has 2 aromatic carbocycles. The standard InChI is InChI=1S/C19H22N2O2/c1-14-11-12-15-7-3-5-9-17(15)21(14)13-19(22)20-16-8-4-6-10-18(16)23-2/h3-10,14H,11-13H2,1-2H3,(H,20,22)/t14-/m1/s1. The molecule has 0 unspecified atom stereocenters. The number of nitrogens with zero attached hydrogens (tertiary/aromatic N) is 1. The van der Waals surface area contributed by atoms with Gasteiger partial charge >= 0.3 is 0 Å². The highest BCUT2D eigenvalue weighted by Gasteiger charge is 2.24. The highest BCUT2D eigenvalue weighted by Crippen LogP contribution is 2.30. The van der Waals surface area contributed by atoms with Crippen molar-refractivity contribution in [2.75, 3.05) is 23.9 Å². The van der Waals surface area contributed by atoms with Gasteiger partial charge in [0.25, 0.3) is 0 Å². The maximum absolute atomic E-state index is 12.5. The Hall–Kier alpha value is -2.49. The summed E-state index contributed by atoms with van der Waals surface area (Å²) in [4.78, 5) is 14.7. The Morgan fingerprint density at radius 3 is 2.78 bits per heavy atom. The topological polar surface area (TPSA) is 41.6 Å². The quantitative estimate of drug-likeness (QED) is 0.940. The van der Waals surface area contributed by atoms with Crippen LogP contribution in [0.25, 0.3) is 0 Å². The average molecular weight is 310 g/mol. The van der Waals surface area contributed by atoms with Gasteiger partial charge in [-0.3, -0.25) is 4.79 Å². The number of methoxy groups -OCH3 is 1. The first-order valence-corrected chi connectivity index (χ1v) is 7.96. The van der Waals surface area contributed by atoms with E-state index < -0.39 is 0 Å². The Kier molecular flexibility index (Phi) is 4.51. The summed E-state index contributed by atoms with van der Waals surface area (Å²) < 4.78 is 5.29. The van der Waals surface area contributed by atoms with Crippen LogP contribution in [0.5, 0.6) is 5.75 Å². The van der Waals surface area contributed by atoms with Crippen molar-refractivity contribution < 1.29 is 9.53 Å². The van der Waals surface area contributed by atoms with Gasteiger partial charge in [0, 0.05) is 11.7 Å². The molecule has 1 N–H and O–H groups in total. The van der Waals surface area contributed by atoms with Crippen molar-refractivity contribution >= 4 is 17.3 Å². The number of para-hydroxylation sites is 3. The Bertz CT molecular complexity index is 699. The SMILES string of the molecule is COc1ccccc1NC(=O)CN1c2ccccc2CC[C@H]1C. The molecule has 0 fully saturated rings. The van der Waals surface area contributed by atoms with Crippen LogP contribution in [0.2, 0.25) is 0 Å². The predicted molar refractivity (Wildman–Crippen MR) is 93.2 cm³/mol. The number of ether oxygens (including phenoxy) is 1. The van der Waals surface area contributed by atoms with Crippen molar-refractivity contribution in [2.45, 2.75) is 25.8 Å². The third-order valence-electron chi connectivity index (χ3n) is 4.36. The normalized spacial score (nSPS) is 16.6. The molecule has 1 aliphatic heterocycles. The first kappa shape index (κ1) is 15.4. The van der Waals surface area contributed by atoms with Gasteiger partial charge < -0.3 is 15.0 Å². The lowest BCUT2D eigenvalue weighted by Gasteiger charge is -2.36. The first-order valence-electron chi connectivity index (χ1n) is 7.96. The number of amides is 1. The lowest BCUT2D eigenvalue weighted by Crippen LogP contribution is -2.42. The molecule has 0 radical (unpaired) electrons. The van der Waals surface area contributed by atoms with Gasteiger partial charge in [0.1, 0.15) is 5.75 Å². The number of nitrogens with one attached hydrogen (secondary N) is 1. The van der Waals surface area contributed by atoms with Crippen LogP contribution in [0.1, 0.15) is 18.9 Å². The number of hydrogen-bond acceptors (Lipinski definition) is 3. The van der Waals surface area contributed by atoms with Gasteiger partial charge in [-0.05, 0) is 43.5 Å². The molecule has 23 heavy (non-hydrogen) atoms. The number of fused-ring (bicyclic) bond motifs is 1. The van der Waals surface area contributed by atoms with E-state index in [-0.39, 0.29) is 5.91 Å². The lowest BCUT2D eigenvalue weighted by molar-refractivity contribution is -0.115. The number of benzene rings is 2. The van der Waals surface area contributed by atoms with Crippen molar-refractivity contribution in [3.8, 4) is 5.75 Å². The van der Waals surface area contributed by atoms with E-state index in [1.807, 2.05) is 30.3 Å². The second kappa shape index (κ2) is 6.73. The lowest BCUT2D eigenvalue weighted by atomic mass is 9.96. The maximum Gasteiger partial charge on any atom is 0.244 e. The van der Waals surface area contributed by atoms with E-state index in [1.54, 1.807) is 7.11 Å². The van der Waals surface area contributed by atoms with Crippen LogP contribution in [0, 0.1) is 0 Å². The molecule has 0 bridgehead atoms. The van der Waals surface area contributed by atoms with E-state index in [2.05, 4.69) is 35.3 Å². The van der Waals surface area contributed by atoms with E-state index in [0.717, 1.165) is 12.8 Å². The zero-order valence-corrected chi connectivity index (χ0v) is 13.6. The van der Waals surface area contributed by atoms with Gasteiger partial charge in [-0.2, -0.15) is 0 Å². The number of rotatable bonds is 4. The molecule has 0 aliphatic carbocycles. The number of aryl methyl sites for hydroxylation is 1. The fourth-order valence-corrected chi connectivity index (χ4v) is 3.09. The summed E-state index contributed by atoms with van der Waals surface area (Å²) >= 11 is 0. The van der Waals surface area contributed by atoms with Crippen LogP contribution in [-0.2, 0) is 11.2 Å². The van der Waals surface area contributed by atoms with Crippen LogP contribution in [0.3, 0.4) is 0 Å². The summed E-state index contributed by atoms with van der Waals surface area (Å²) in [7, 11) is 1.61. The molecule has 2 aromatic rings. The minimum absolute atomic E-state index is 0.0296. The van der Waals surface area contributed by atoms with Crippen molar-refractivity contribution in [1.82, 2.24) is 0 Å². The Labute approximate surface area is 137 Å². The van der Waals surface area contributed by atoms with Crippen LogP contribution in [-0.4, -0.2) is 25.6 Å². The smallest absolute Gasteiger partial charge is 0.244 e. The molecule has 1 amide bonds. The van der Waals surface area contributed by atoms with Crippen LogP contribution < -0.4 is 15.0 Å². The highest BCUT2D eigenvalue weighted by molar-refractivity contribution is 5.95. The van der Waals surface area contributed by atoms with Gasteiger partial charge in [-0.1, -0.05) is 30.3 Å². The average Bonchev–Trinajstić information content (AvgIpc) is 2.58. The fourth-order valence-electron chi connectivity index (χ4n) is 3.09. The molecule has 0 spiro atoms. The Morgan fingerprint density at radius 1 is 1.22 bits per heavy atom.